The average molecular weight is 169 g/mol. The van der Waals surface area contributed by atoms with Crippen molar-refractivity contribution in [3.8, 4) is 0 Å². The van der Waals surface area contributed by atoms with E-state index in [1.165, 1.54) is 0 Å². The Kier molecular flexibility index (Phi) is 2.73. The van der Waals surface area contributed by atoms with Crippen molar-refractivity contribution in [2.24, 2.45) is 10.9 Å². The fraction of sp³-hybridized carbons (Fsp3) is 0.889. The highest BCUT2D eigenvalue weighted by Crippen LogP contribution is 2.18. The first-order valence-electron chi connectivity index (χ1n) is 4.54. The summed E-state index contributed by atoms with van der Waals surface area (Å²) in [4.78, 5) is 2.47. The van der Waals surface area contributed by atoms with Crippen LogP contribution in [0.25, 0.3) is 0 Å². The Hall–Kier alpha value is -0.570. The SMILES string of the molecule is CC(C)(C)N1CCC(=NN)CC1. The standard InChI is InChI=1S/C9H19N3/c1-9(2,3)12-6-4-8(11-10)5-7-12/h4-7,10H2,1-3H3. The van der Waals surface area contributed by atoms with Crippen LogP contribution in [0.5, 0.6) is 0 Å². The molecule has 0 atom stereocenters. The zero-order valence-corrected chi connectivity index (χ0v) is 8.30. The minimum Gasteiger partial charge on any atom is -0.323 e. The van der Waals surface area contributed by atoms with Gasteiger partial charge in [0.1, 0.15) is 0 Å². The molecule has 2 N–H and O–H groups in total. The van der Waals surface area contributed by atoms with Gasteiger partial charge in [0.25, 0.3) is 0 Å². The van der Waals surface area contributed by atoms with Crippen LogP contribution in [0.15, 0.2) is 5.10 Å². The lowest BCUT2D eigenvalue weighted by Crippen LogP contribution is -2.46. The molecule has 70 valence electrons. The Bertz CT molecular complexity index is 169. The summed E-state index contributed by atoms with van der Waals surface area (Å²) in [5.74, 6) is 5.23. The van der Waals surface area contributed by atoms with Gasteiger partial charge in [0.05, 0.1) is 0 Å². The van der Waals surface area contributed by atoms with Gasteiger partial charge in [-0.05, 0) is 20.8 Å². The van der Waals surface area contributed by atoms with E-state index in [4.69, 9.17) is 5.84 Å². The maximum absolute atomic E-state index is 5.23. The Balaban J connectivity index is 2.47. The van der Waals surface area contributed by atoms with Crippen molar-refractivity contribution in [3.63, 3.8) is 0 Å². The predicted molar refractivity (Wildman–Crippen MR) is 52.2 cm³/mol. The summed E-state index contributed by atoms with van der Waals surface area (Å²) in [6.07, 6.45) is 2.07. The minimum atomic E-state index is 0.292. The summed E-state index contributed by atoms with van der Waals surface area (Å²) in [6.45, 7) is 8.94. The van der Waals surface area contributed by atoms with Crippen LogP contribution in [-0.2, 0) is 0 Å². The topological polar surface area (TPSA) is 41.6 Å². The number of likely N-dealkylation sites (tertiary alicyclic amines) is 1. The van der Waals surface area contributed by atoms with Crippen LogP contribution >= 0.6 is 0 Å². The molecule has 0 bridgehead atoms. The van der Waals surface area contributed by atoms with Gasteiger partial charge in [-0.2, -0.15) is 5.10 Å². The van der Waals surface area contributed by atoms with Gasteiger partial charge in [-0.15, -0.1) is 0 Å². The van der Waals surface area contributed by atoms with E-state index in [2.05, 4.69) is 30.8 Å². The molecule has 0 aromatic carbocycles. The van der Waals surface area contributed by atoms with Gasteiger partial charge in [0.15, 0.2) is 0 Å². The summed E-state index contributed by atoms with van der Waals surface area (Å²) in [7, 11) is 0. The molecule has 3 nitrogen and oxygen atoms in total. The van der Waals surface area contributed by atoms with Crippen LogP contribution in [0.3, 0.4) is 0 Å². The van der Waals surface area contributed by atoms with Gasteiger partial charge in [-0.3, -0.25) is 4.90 Å². The molecule has 1 saturated heterocycles. The fourth-order valence-electron chi connectivity index (χ4n) is 1.56. The second kappa shape index (κ2) is 3.44. The van der Waals surface area contributed by atoms with E-state index in [9.17, 15) is 0 Å². The van der Waals surface area contributed by atoms with E-state index in [0.717, 1.165) is 31.6 Å². The molecule has 0 amide bonds. The quantitative estimate of drug-likeness (QED) is 0.437. The third kappa shape index (κ3) is 2.21. The smallest absolute Gasteiger partial charge is 0.0401 e. The Morgan fingerprint density at radius 2 is 1.75 bits per heavy atom. The van der Waals surface area contributed by atoms with Crippen molar-refractivity contribution in [2.45, 2.75) is 39.2 Å². The summed E-state index contributed by atoms with van der Waals surface area (Å²) in [5, 5.41) is 3.75. The predicted octanol–water partition coefficient (Wildman–Crippen LogP) is 1.20. The lowest BCUT2D eigenvalue weighted by Gasteiger charge is -2.38. The molecule has 1 heterocycles. The van der Waals surface area contributed by atoms with Crippen LogP contribution in [0.4, 0.5) is 0 Å². The third-order valence-corrected chi connectivity index (χ3v) is 2.47. The van der Waals surface area contributed by atoms with Gasteiger partial charge < -0.3 is 5.84 Å². The number of nitrogens with two attached hydrogens (primary N) is 1. The third-order valence-electron chi connectivity index (χ3n) is 2.47. The molecule has 0 spiro atoms. The maximum Gasteiger partial charge on any atom is 0.0401 e. The van der Waals surface area contributed by atoms with Crippen molar-refractivity contribution in [1.82, 2.24) is 4.90 Å². The first-order chi connectivity index (χ1) is 5.54. The maximum atomic E-state index is 5.23. The van der Waals surface area contributed by atoms with Crippen LogP contribution in [0, 0.1) is 0 Å². The van der Waals surface area contributed by atoms with Crippen molar-refractivity contribution < 1.29 is 0 Å². The fourth-order valence-corrected chi connectivity index (χ4v) is 1.56. The molecule has 1 aliphatic rings. The molecule has 0 unspecified atom stereocenters. The van der Waals surface area contributed by atoms with E-state index in [0.29, 0.717) is 5.54 Å². The Morgan fingerprint density at radius 1 is 1.25 bits per heavy atom. The van der Waals surface area contributed by atoms with E-state index >= 15 is 0 Å². The molecule has 0 aliphatic carbocycles. The number of nitrogens with zero attached hydrogens (tertiary/aromatic N) is 2. The molecule has 1 rings (SSSR count). The number of rotatable bonds is 0. The average Bonchev–Trinajstić information content (AvgIpc) is 2.03. The number of hydrazone groups is 1. The summed E-state index contributed by atoms with van der Waals surface area (Å²) >= 11 is 0. The van der Waals surface area contributed by atoms with Crippen LogP contribution in [0.1, 0.15) is 33.6 Å². The van der Waals surface area contributed by atoms with Crippen molar-refractivity contribution in [2.75, 3.05) is 13.1 Å². The molecule has 0 radical (unpaired) electrons. The van der Waals surface area contributed by atoms with Crippen molar-refractivity contribution >= 4 is 5.71 Å². The van der Waals surface area contributed by atoms with Gasteiger partial charge >= 0.3 is 0 Å². The van der Waals surface area contributed by atoms with Gasteiger partial charge in [-0.1, -0.05) is 0 Å². The first-order valence-corrected chi connectivity index (χ1v) is 4.54. The second-order valence-corrected chi connectivity index (χ2v) is 4.35. The zero-order valence-electron chi connectivity index (χ0n) is 8.30. The van der Waals surface area contributed by atoms with Gasteiger partial charge in [0.2, 0.25) is 0 Å². The second-order valence-electron chi connectivity index (χ2n) is 4.35. The van der Waals surface area contributed by atoms with Crippen molar-refractivity contribution in [3.05, 3.63) is 0 Å². The molecule has 1 aliphatic heterocycles. The van der Waals surface area contributed by atoms with Crippen LogP contribution in [0.2, 0.25) is 0 Å². The molecule has 1 fully saturated rings. The highest BCUT2D eigenvalue weighted by Gasteiger charge is 2.24. The Labute approximate surface area is 74.6 Å². The zero-order chi connectivity index (χ0) is 9.19. The highest BCUT2D eigenvalue weighted by molar-refractivity contribution is 5.85. The molecule has 12 heavy (non-hydrogen) atoms. The van der Waals surface area contributed by atoms with E-state index in [1.54, 1.807) is 0 Å². The minimum absolute atomic E-state index is 0.292. The summed E-state index contributed by atoms with van der Waals surface area (Å²) in [5.41, 5.74) is 1.45. The normalized spacial score (nSPS) is 21.1. The van der Waals surface area contributed by atoms with Gasteiger partial charge in [-0.25, -0.2) is 0 Å². The van der Waals surface area contributed by atoms with Crippen LogP contribution in [-0.4, -0.2) is 29.2 Å². The van der Waals surface area contributed by atoms with Crippen LogP contribution < -0.4 is 5.84 Å². The van der Waals surface area contributed by atoms with E-state index < -0.39 is 0 Å². The molecule has 0 aromatic heterocycles. The first kappa shape index (κ1) is 9.52. The lowest BCUT2D eigenvalue weighted by atomic mass is 10.0. The molecular formula is C9H19N3. The largest absolute Gasteiger partial charge is 0.323 e. The molecule has 0 saturated carbocycles. The Morgan fingerprint density at radius 3 is 2.08 bits per heavy atom. The number of hydrogen-bond donors (Lipinski definition) is 1. The van der Waals surface area contributed by atoms with E-state index in [1.807, 2.05) is 0 Å². The number of hydrogen-bond acceptors (Lipinski definition) is 3. The summed E-state index contributed by atoms with van der Waals surface area (Å²) in [6, 6.07) is 0. The highest BCUT2D eigenvalue weighted by atomic mass is 15.2. The summed E-state index contributed by atoms with van der Waals surface area (Å²) < 4.78 is 0. The molecule has 0 aromatic rings. The monoisotopic (exact) mass is 169 g/mol. The molecular weight excluding hydrogens is 150 g/mol. The lowest BCUT2D eigenvalue weighted by molar-refractivity contribution is 0.136. The molecule has 3 heteroatoms. The van der Waals surface area contributed by atoms with E-state index in [-0.39, 0.29) is 0 Å². The number of piperidine rings is 1. The van der Waals surface area contributed by atoms with Crippen molar-refractivity contribution in [1.29, 1.82) is 0 Å². The van der Waals surface area contributed by atoms with Gasteiger partial charge in [0, 0.05) is 37.2 Å².